The van der Waals surface area contributed by atoms with Gasteiger partial charge in [0.2, 0.25) is 0 Å². The van der Waals surface area contributed by atoms with Crippen molar-refractivity contribution in [1.29, 1.82) is 0 Å². The van der Waals surface area contributed by atoms with E-state index in [1.807, 2.05) is 0 Å². The molecule has 0 bridgehead atoms. The predicted molar refractivity (Wildman–Crippen MR) is 90.6 cm³/mol. The molecule has 2 rings (SSSR count). The molecule has 5 atom stereocenters. The van der Waals surface area contributed by atoms with Gasteiger partial charge in [-0.25, -0.2) is 0 Å². The average Bonchev–Trinajstić information content (AvgIpc) is 2.43. The minimum Gasteiger partial charge on any atom is -0.370 e. The summed E-state index contributed by atoms with van der Waals surface area (Å²) < 4.78 is 6.79. The molecule has 124 valence electrons. The molecule has 1 N–H and O–H groups in total. The highest BCUT2D eigenvalue weighted by Gasteiger charge is 2.39. The van der Waals surface area contributed by atoms with Crippen LogP contribution >= 0.6 is 0 Å². The first-order valence-corrected chi connectivity index (χ1v) is 9.43. The molecule has 2 heteroatoms. The first-order chi connectivity index (χ1) is 10.0. The Hall–Kier alpha value is -0.0800. The van der Waals surface area contributed by atoms with Crippen LogP contribution in [-0.2, 0) is 4.74 Å². The van der Waals surface area contributed by atoms with Gasteiger partial charge in [0, 0.05) is 6.54 Å². The van der Waals surface area contributed by atoms with Crippen molar-refractivity contribution in [2.24, 2.45) is 17.8 Å². The van der Waals surface area contributed by atoms with Crippen molar-refractivity contribution in [1.82, 2.24) is 5.32 Å². The van der Waals surface area contributed by atoms with E-state index in [1.54, 1.807) is 0 Å². The lowest BCUT2D eigenvalue weighted by Crippen LogP contribution is -2.49. The van der Waals surface area contributed by atoms with Gasteiger partial charge in [-0.2, -0.15) is 0 Å². The van der Waals surface area contributed by atoms with E-state index >= 15 is 0 Å². The Morgan fingerprint density at radius 1 is 1.10 bits per heavy atom. The van der Waals surface area contributed by atoms with Crippen molar-refractivity contribution in [2.75, 3.05) is 13.1 Å². The number of rotatable bonds is 6. The molecule has 0 aromatic heterocycles. The van der Waals surface area contributed by atoms with Crippen LogP contribution in [0.1, 0.15) is 79.1 Å². The number of nitrogens with one attached hydrogen (secondary N) is 1. The van der Waals surface area contributed by atoms with Crippen LogP contribution in [0.4, 0.5) is 0 Å². The summed E-state index contributed by atoms with van der Waals surface area (Å²) in [5.74, 6) is 2.52. The number of hydrogen-bond acceptors (Lipinski definition) is 2. The average molecular weight is 296 g/mol. The van der Waals surface area contributed by atoms with E-state index in [2.05, 4.69) is 33.0 Å². The molecule has 2 aliphatic rings. The van der Waals surface area contributed by atoms with Crippen LogP contribution in [0.15, 0.2) is 0 Å². The maximum absolute atomic E-state index is 6.79. The number of ether oxygens (including phenoxy) is 1. The van der Waals surface area contributed by atoms with Gasteiger partial charge in [-0.05, 0) is 62.8 Å². The normalized spacial score (nSPS) is 41.1. The van der Waals surface area contributed by atoms with E-state index in [1.165, 1.54) is 51.4 Å². The first kappa shape index (κ1) is 17.3. The quantitative estimate of drug-likeness (QED) is 0.712. The van der Waals surface area contributed by atoms with Crippen LogP contribution in [0.25, 0.3) is 0 Å². The van der Waals surface area contributed by atoms with Gasteiger partial charge in [0.25, 0.3) is 0 Å². The highest BCUT2D eigenvalue weighted by molar-refractivity contribution is 4.91. The lowest BCUT2D eigenvalue weighted by atomic mass is 9.77. The molecule has 21 heavy (non-hydrogen) atoms. The minimum atomic E-state index is 0.123. The van der Waals surface area contributed by atoms with Gasteiger partial charge in [0.05, 0.1) is 11.7 Å². The Balaban J connectivity index is 1.94. The second-order valence-electron chi connectivity index (χ2n) is 8.07. The molecule has 0 aromatic rings. The van der Waals surface area contributed by atoms with Gasteiger partial charge < -0.3 is 10.1 Å². The molecular weight excluding hydrogens is 258 g/mol. The summed E-state index contributed by atoms with van der Waals surface area (Å²) in [5.41, 5.74) is 0.123. The molecule has 2 nitrogen and oxygen atoms in total. The Morgan fingerprint density at radius 3 is 2.57 bits per heavy atom. The van der Waals surface area contributed by atoms with E-state index < -0.39 is 0 Å². The van der Waals surface area contributed by atoms with Crippen LogP contribution in [-0.4, -0.2) is 24.8 Å². The van der Waals surface area contributed by atoms with E-state index in [-0.39, 0.29) is 5.60 Å². The summed E-state index contributed by atoms with van der Waals surface area (Å²) in [7, 11) is 0. The zero-order valence-corrected chi connectivity index (χ0v) is 14.8. The third kappa shape index (κ3) is 4.96. The number of hydrogen-bond donors (Lipinski definition) is 1. The topological polar surface area (TPSA) is 21.3 Å². The van der Waals surface area contributed by atoms with Crippen molar-refractivity contribution < 1.29 is 4.74 Å². The molecule has 0 spiro atoms. The van der Waals surface area contributed by atoms with Crippen molar-refractivity contribution in [2.45, 2.75) is 90.8 Å². The molecule has 0 aliphatic heterocycles. The molecule has 0 saturated heterocycles. The predicted octanol–water partition coefficient (Wildman–Crippen LogP) is 4.78. The summed E-state index contributed by atoms with van der Waals surface area (Å²) in [5, 5.41) is 3.65. The molecule has 0 heterocycles. The highest BCUT2D eigenvalue weighted by Crippen LogP contribution is 2.39. The standard InChI is InChI=1S/C19H37NO/c1-5-11-20-14-19(10-6-7-15(2)13-19)21-18-9-8-16(3)17(4)12-18/h15-18,20H,5-14H2,1-4H3. The third-order valence-electron chi connectivity index (χ3n) is 5.89. The lowest BCUT2D eigenvalue weighted by molar-refractivity contribution is -0.137. The maximum atomic E-state index is 6.79. The van der Waals surface area contributed by atoms with Crippen molar-refractivity contribution in [3.05, 3.63) is 0 Å². The van der Waals surface area contributed by atoms with Crippen LogP contribution in [0, 0.1) is 17.8 Å². The fourth-order valence-electron chi connectivity index (χ4n) is 4.37. The monoisotopic (exact) mass is 295 g/mol. The molecular formula is C19H37NO. The van der Waals surface area contributed by atoms with Crippen LogP contribution in [0.5, 0.6) is 0 Å². The Kier molecular flexibility index (Phi) is 6.55. The molecule has 0 radical (unpaired) electrons. The van der Waals surface area contributed by atoms with Crippen LogP contribution < -0.4 is 5.32 Å². The van der Waals surface area contributed by atoms with Gasteiger partial charge >= 0.3 is 0 Å². The third-order valence-corrected chi connectivity index (χ3v) is 5.89. The minimum absolute atomic E-state index is 0.123. The smallest absolute Gasteiger partial charge is 0.0812 e. The Bertz CT molecular complexity index is 306. The molecule has 2 saturated carbocycles. The Morgan fingerprint density at radius 2 is 1.90 bits per heavy atom. The van der Waals surface area contributed by atoms with Crippen LogP contribution in [0.2, 0.25) is 0 Å². The van der Waals surface area contributed by atoms with Gasteiger partial charge in [-0.15, -0.1) is 0 Å². The zero-order valence-electron chi connectivity index (χ0n) is 14.8. The largest absolute Gasteiger partial charge is 0.370 e. The lowest BCUT2D eigenvalue weighted by Gasteiger charge is -2.45. The van der Waals surface area contributed by atoms with E-state index in [0.29, 0.717) is 6.10 Å². The van der Waals surface area contributed by atoms with Crippen LogP contribution in [0.3, 0.4) is 0 Å². The van der Waals surface area contributed by atoms with Crippen molar-refractivity contribution >= 4 is 0 Å². The summed E-state index contributed by atoms with van der Waals surface area (Å²) in [6.45, 7) is 11.6. The van der Waals surface area contributed by atoms with E-state index in [9.17, 15) is 0 Å². The molecule has 2 fully saturated rings. The molecule has 0 aromatic carbocycles. The summed E-state index contributed by atoms with van der Waals surface area (Å²) in [6.07, 6.45) is 10.8. The van der Waals surface area contributed by atoms with Gasteiger partial charge in [0.1, 0.15) is 0 Å². The van der Waals surface area contributed by atoms with E-state index in [0.717, 1.165) is 30.8 Å². The van der Waals surface area contributed by atoms with Crippen molar-refractivity contribution in [3.63, 3.8) is 0 Å². The second-order valence-corrected chi connectivity index (χ2v) is 8.07. The summed E-state index contributed by atoms with van der Waals surface area (Å²) in [6, 6.07) is 0. The maximum Gasteiger partial charge on any atom is 0.0812 e. The SMILES string of the molecule is CCCNCC1(OC2CCC(C)C(C)C2)CCCC(C)C1. The second kappa shape index (κ2) is 7.97. The highest BCUT2D eigenvalue weighted by atomic mass is 16.5. The molecule has 0 amide bonds. The van der Waals surface area contributed by atoms with Gasteiger partial charge in [-0.1, -0.05) is 40.5 Å². The molecule has 5 unspecified atom stereocenters. The zero-order chi connectivity index (χ0) is 15.3. The first-order valence-electron chi connectivity index (χ1n) is 9.43. The summed E-state index contributed by atoms with van der Waals surface area (Å²) in [4.78, 5) is 0. The van der Waals surface area contributed by atoms with E-state index in [4.69, 9.17) is 4.74 Å². The van der Waals surface area contributed by atoms with Gasteiger partial charge in [0.15, 0.2) is 0 Å². The van der Waals surface area contributed by atoms with Gasteiger partial charge in [-0.3, -0.25) is 0 Å². The molecule has 2 aliphatic carbocycles. The summed E-state index contributed by atoms with van der Waals surface area (Å²) >= 11 is 0. The Labute approximate surface area is 132 Å². The fourth-order valence-corrected chi connectivity index (χ4v) is 4.37. The fraction of sp³-hybridized carbons (Fsp3) is 1.00. The van der Waals surface area contributed by atoms with Crippen molar-refractivity contribution in [3.8, 4) is 0 Å².